The van der Waals surface area contributed by atoms with E-state index in [4.69, 9.17) is 0 Å². The topological polar surface area (TPSA) is 111 Å². The summed E-state index contributed by atoms with van der Waals surface area (Å²) in [6.45, 7) is 1.73. The number of pyridine rings is 1. The van der Waals surface area contributed by atoms with E-state index in [2.05, 4.69) is 43.5 Å². The standard InChI is InChI=1S/C18H17N7OS2/c1-25-7-5-11-12(8-19)17(28-14(11)9-25)21-15(26)10-27-18-22-16(23-24-18)13-4-2-3-6-20-13/h2-4,6H,5,7,9-10H2,1H3,(H,21,26)(H,22,23,24). The van der Waals surface area contributed by atoms with Crippen LogP contribution in [-0.4, -0.2) is 50.3 Å². The lowest BCUT2D eigenvalue weighted by atomic mass is 10.0. The largest absolute Gasteiger partial charge is 0.316 e. The number of nitrogens with zero attached hydrogens (tertiary/aromatic N) is 5. The van der Waals surface area contributed by atoms with Gasteiger partial charge in [-0.1, -0.05) is 17.8 Å². The highest BCUT2D eigenvalue weighted by Gasteiger charge is 2.23. The highest BCUT2D eigenvalue weighted by Crippen LogP contribution is 2.36. The molecule has 3 aromatic heterocycles. The minimum absolute atomic E-state index is 0.160. The van der Waals surface area contributed by atoms with Gasteiger partial charge in [0.15, 0.2) is 5.82 Å². The van der Waals surface area contributed by atoms with Crippen LogP contribution in [-0.2, 0) is 17.8 Å². The fourth-order valence-corrected chi connectivity index (χ4v) is 4.85. The molecule has 4 rings (SSSR count). The van der Waals surface area contributed by atoms with Crippen LogP contribution in [0.2, 0.25) is 0 Å². The molecule has 1 aliphatic rings. The molecule has 0 saturated heterocycles. The van der Waals surface area contributed by atoms with Crippen LogP contribution in [0.1, 0.15) is 16.0 Å². The van der Waals surface area contributed by atoms with Crippen molar-refractivity contribution in [2.45, 2.75) is 18.1 Å². The average Bonchev–Trinajstić information content (AvgIpc) is 3.31. The highest BCUT2D eigenvalue weighted by atomic mass is 32.2. The zero-order valence-electron chi connectivity index (χ0n) is 15.1. The third-order valence-electron chi connectivity index (χ3n) is 4.32. The number of anilines is 1. The third kappa shape index (κ3) is 3.91. The molecule has 0 atom stereocenters. The van der Waals surface area contributed by atoms with Gasteiger partial charge in [-0.05, 0) is 31.2 Å². The van der Waals surface area contributed by atoms with E-state index in [9.17, 15) is 10.1 Å². The molecular weight excluding hydrogens is 394 g/mol. The van der Waals surface area contributed by atoms with Gasteiger partial charge in [0.1, 0.15) is 16.8 Å². The molecule has 0 radical (unpaired) electrons. The number of amides is 1. The number of thioether (sulfide) groups is 1. The number of nitriles is 1. The second kappa shape index (κ2) is 8.10. The Balaban J connectivity index is 1.39. The summed E-state index contributed by atoms with van der Waals surface area (Å²) in [4.78, 5) is 24.3. The van der Waals surface area contributed by atoms with Crippen molar-refractivity contribution < 1.29 is 4.79 Å². The summed E-state index contributed by atoms with van der Waals surface area (Å²) in [5.41, 5.74) is 2.36. The molecule has 0 aromatic carbocycles. The second-order valence-corrected chi connectivity index (χ2v) is 8.37. The van der Waals surface area contributed by atoms with E-state index < -0.39 is 0 Å². The number of carbonyl (C=O) groups excluding carboxylic acids is 1. The van der Waals surface area contributed by atoms with Gasteiger partial charge in [-0.2, -0.15) is 10.2 Å². The van der Waals surface area contributed by atoms with Gasteiger partial charge in [-0.25, -0.2) is 0 Å². The van der Waals surface area contributed by atoms with Gasteiger partial charge in [-0.3, -0.25) is 14.9 Å². The maximum absolute atomic E-state index is 12.4. The maximum atomic E-state index is 12.4. The molecule has 0 aliphatic carbocycles. The summed E-state index contributed by atoms with van der Waals surface area (Å²) in [5, 5.41) is 20.5. The van der Waals surface area contributed by atoms with Crippen molar-refractivity contribution in [1.82, 2.24) is 25.1 Å². The van der Waals surface area contributed by atoms with E-state index in [1.807, 2.05) is 18.2 Å². The fourth-order valence-electron chi connectivity index (χ4n) is 2.96. The first-order valence-electron chi connectivity index (χ1n) is 8.63. The second-order valence-electron chi connectivity index (χ2n) is 6.33. The maximum Gasteiger partial charge on any atom is 0.235 e. The van der Waals surface area contributed by atoms with E-state index in [1.165, 1.54) is 23.1 Å². The van der Waals surface area contributed by atoms with Crippen molar-refractivity contribution in [2.75, 3.05) is 24.7 Å². The Labute approximate surface area is 170 Å². The monoisotopic (exact) mass is 411 g/mol. The van der Waals surface area contributed by atoms with Crippen LogP contribution in [0.5, 0.6) is 0 Å². The smallest absolute Gasteiger partial charge is 0.235 e. The van der Waals surface area contributed by atoms with Crippen LogP contribution in [0.4, 0.5) is 5.00 Å². The van der Waals surface area contributed by atoms with Crippen LogP contribution < -0.4 is 5.32 Å². The molecule has 28 heavy (non-hydrogen) atoms. The Morgan fingerprint density at radius 3 is 3.18 bits per heavy atom. The molecule has 0 bridgehead atoms. The van der Waals surface area contributed by atoms with Crippen LogP contribution in [0.25, 0.3) is 11.5 Å². The van der Waals surface area contributed by atoms with Crippen LogP contribution in [0.3, 0.4) is 0 Å². The number of aromatic nitrogens is 4. The van der Waals surface area contributed by atoms with Gasteiger partial charge >= 0.3 is 0 Å². The van der Waals surface area contributed by atoms with Crippen LogP contribution in [0.15, 0.2) is 29.6 Å². The minimum atomic E-state index is -0.183. The van der Waals surface area contributed by atoms with E-state index in [0.717, 1.165) is 30.0 Å². The molecule has 0 spiro atoms. The van der Waals surface area contributed by atoms with E-state index in [1.54, 1.807) is 6.20 Å². The number of rotatable bonds is 5. The number of carbonyl (C=O) groups is 1. The highest BCUT2D eigenvalue weighted by molar-refractivity contribution is 7.99. The Morgan fingerprint density at radius 1 is 1.50 bits per heavy atom. The summed E-state index contributed by atoms with van der Waals surface area (Å²) in [5.74, 6) is 0.537. The molecule has 10 heteroatoms. The molecular formula is C18H17N7OS2. The van der Waals surface area contributed by atoms with Gasteiger partial charge in [0.05, 0.1) is 11.3 Å². The number of likely N-dealkylation sites (N-methyl/N-ethyl adjacent to an activating group) is 1. The molecule has 0 unspecified atom stereocenters. The SMILES string of the molecule is CN1CCc2c(sc(NC(=O)CSc3n[nH]c(-c4ccccn4)n3)c2C#N)C1. The fraction of sp³-hybridized carbons (Fsp3) is 0.278. The zero-order valence-corrected chi connectivity index (χ0v) is 16.7. The van der Waals surface area contributed by atoms with Crippen molar-refractivity contribution in [3.05, 3.63) is 40.4 Å². The molecule has 3 aromatic rings. The number of hydrogen-bond donors (Lipinski definition) is 2. The van der Waals surface area contributed by atoms with Gasteiger partial charge in [0, 0.05) is 24.2 Å². The predicted molar refractivity (Wildman–Crippen MR) is 108 cm³/mol. The Morgan fingerprint density at radius 2 is 2.39 bits per heavy atom. The summed E-state index contributed by atoms with van der Waals surface area (Å²) < 4.78 is 0. The summed E-state index contributed by atoms with van der Waals surface area (Å²) in [6, 6.07) is 7.79. The number of H-pyrrole nitrogens is 1. The number of thiophene rings is 1. The first-order valence-corrected chi connectivity index (χ1v) is 10.4. The lowest BCUT2D eigenvalue weighted by Gasteiger charge is -2.21. The van der Waals surface area contributed by atoms with Crippen LogP contribution >= 0.6 is 23.1 Å². The lowest BCUT2D eigenvalue weighted by molar-refractivity contribution is -0.113. The molecule has 142 valence electrons. The normalized spacial score (nSPS) is 13.7. The number of hydrogen-bond acceptors (Lipinski definition) is 8. The number of aromatic amines is 1. The Hall–Kier alpha value is -2.74. The third-order valence-corrected chi connectivity index (χ3v) is 6.30. The summed E-state index contributed by atoms with van der Waals surface area (Å²) in [7, 11) is 2.06. The predicted octanol–water partition coefficient (Wildman–Crippen LogP) is 2.52. The quantitative estimate of drug-likeness (QED) is 0.621. The number of nitrogens with one attached hydrogen (secondary N) is 2. The molecule has 8 nitrogen and oxygen atoms in total. The van der Waals surface area contributed by atoms with Gasteiger partial charge in [-0.15, -0.1) is 16.4 Å². The molecule has 4 heterocycles. The van der Waals surface area contributed by atoms with Crippen LogP contribution in [0, 0.1) is 11.3 Å². The molecule has 0 saturated carbocycles. The van der Waals surface area contributed by atoms with Gasteiger partial charge < -0.3 is 10.2 Å². The van der Waals surface area contributed by atoms with Gasteiger partial charge in [0.25, 0.3) is 0 Å². The van der Waals surface area contributed by atoms with Crippen molar-refractivity contribution in [1.29, 1.82) is 5.26 Å². The Bertz CT molecular complexity index is 1040. The first-order chi connectivity index (χ1) is 13.6. The van der Waals surface area contributed by atoms with Crippen molar-refractivity contribution >= 4 is 34.0 Å². The zero-order chi connectivity index (χ0) is 19.5. The molecule has 0 fully saturated rings. The van der Waals surface area contributed by atoms with Crippen molar-refractivity contribution in [3.8, 4) is 17.6 Å². The van der Waals surface area contributed by atoms with Crippen molar-refractivity contribution in [2.24, 2.45) is 0 Å². The van der Waals surface area contributed by atoms with E-state index in [0.29, 0.717) is 27.2 Å². The molecule has 1 amide bonds. The molecule has 1 aliphatic heterocycles. The number of fused-ring (bicyclic) bond motifs is 1. The average molecular weight is 412 g/mol. The van der Waals surface area contributed by atoms with E-state index >= 15 is 0 Å². The lowest BCUT2D eigenvalue weighted by Crippen LogP contribution is -2.25. The molecule has 2 N–H and O–H groups in total. The van der Waals surface area contributed by atoms with Crippen molar-refractivity contribution in [3.63, 3.8) is 0 Å². The Kier molecular flexibility index (Phi) is 5.38. The minimum Gasteiger partial charge on any atom is -0.316 e. The summed E-state index contributed by atoms with van der Waals surface area (Å²) >= 11 is 2.72. The van der Waals surface area contributed by atoms with Gasteiger partial charge in [0.2, 0.25) is 11.1 Å². The first kappa shape index (κ1) is 18.6. The van der Waals surface area contributed by atoms with E-state index in [-0.39, 0.29) is 11.7 Å². The summed E-state index contributed by atoms with van der Waals surface area (Å²) in [6.07, 6.45) is 2.52.